The smallest absolute Gasteiger partial charge is 0.322 e. The number of carboxylic acid groups (broad SMARTS) is 1. The number of hydrogen-bond donors (Lipinski definition) is 2. The lowest BCUT2D eigenvalue weighted by Gasteiger charge is -2.22. The average Bonchev–Trinajstić information content (AvgIpc) is 2.39. The fourth-order valence-corrected chi connectivity index (χ4v) is 3.22. The topological polar surface area (TPSA) is 86.7 Å². The molecule has 0 radical (unpaired) electrons. The first-order chi connectivity index (χ1) is 9.40. The molecule has 0 amide bonds. The molecule has 1 rings (SSSR count). The minimum atomic E-state index is -3.78. The Morgan fingerprint density at radius 1 is 1.25 bits per heavy atom. The Bertz CT molecular complexity index is 527. The van der Waals surface area contributed by atoms with Crippen molar-refractivity contribution in [1.82, 2.24) is 9.03 Å². The van der Waals surface area contributed by atoms with Crippen molar-refractivity contribution in [2.24, 2.45) is 0 Å². The summed E-state index contributed by atoms with van der Waals surface area (Å²) in [5, 5.41) is 9.18. The summed E-state index contributed by atoms with van der Waals surface area (Å²) in [7, 11) is -3.78. The van der Waals surface area contributed by atoms with Crippen molar-refractivity contribution in [2.75, 3.05) is 13.1 Å². The van der Waals surface area contributed by atoms with E-state index in [1.54, 1.807) is 38.1 Å². The minimum Gasteiger partial charge on any atom is -0.480 e. The number of carboxylic acids is 1. The van der Waals surface area contributed by atoms with Crippen molar-refractivity contribution >= 4 is 16.2 Å². The Morgan fingerprint density at radius 3 is 2.25 bits per heavy atom. The Labute approximate surface area is 119 Å². The highest BCUT2D eigenvalue weighted by atomic mass is 32.2. The van der Waals surface area contributed by atoms with Crippen LogP contribution in [-0.2, 0) is 21.4 Å². The molecular weight excluding hydrogens is 280 g/mol. The van der Waals surface area contributed by atoms with E-state index in [9.17, 15) is 18.3 Å². The van der Waals surface area contributed by atoms with Crippen LogP contribution in [0.1, 0.15) is 19.4 Å². The lowest BCUT2D eigenvalue weighted by molar-refractivity contribution is -0.138. The maximum atomic E-state index is 12.0. The molecule has 20 heavy (non-hydrogen) atoms. The van der Waals surface area contributed by atoms with E-state index in [0.717, 1.165) is 5.56 Å². The van der Waals surface area contributed by atoms with Crippen molar-refractivity contribution < 1.29 is 18.3 Å². The molecule has 0 aliphatic rings. The fraction of sp³-hybridized carbons (Fsp3) is 0.462. The quantitative estimate of drug-likeness (QED) is 0.745. The maximum Gasteiger partial charge on any atom is 0.322 e. The van der Waals surface area contributed by atoms with E-state index in [-0.39, 0.29) is 6.42 Å². The van der Waals surface area contributed by atoms with Crippen LogP contribution in [0.5, 0.6) is 0 Å². The number of aliphatic carboxylic acids is 1. The molecule has 7 heteroatoms. The zero-order valence-electron chi connectivity index (χ0n) is 11.6. The summed E-state index contributed by atoms with van der Waals surface area (Å²) in [4.78, 5) is 11.2. The SMILES string of the molecule is CCN(CC)S(=O)(=O)N[C@H](Cc1ccccc1)C(=O)O. The lowest BCUT2D eigenvalue weighted by Crippen LogP contribution is -2.49. The van der Waals surface area contributed by atoms with Crippen LogP contribution in [0.15, 0.2) is 30.3 Å². The first-order valence-electron chi connectivity index (χ1n) is 6.44. The van der Waals surface area contributed by atoms with Crippen LogP contribution in [0.3, 0.4) is 0 Å². The molecule has 1 aromatic carbocycles. The molecule has 0 bridgehead atoms. The third kappa shape index (κ3) is 4.59. The van der Waals surface area contributed by atoms with Crippen LogP contribution in [0.2, 0.25) is 0 Å². The molecule has 0 aromatic heterocycles. The molecular formula is C13H20N2O4S. The van der Waals surface area contributed by atoms with Gasteiger partial charge in [0.1, 0.15) is 6.04 Å². The van der Waals surface area contributed by atoms with Crippen molar-refractivity contribution in [2.45, 2.75) is 26.3 Å². The Balaban J connectivity index is 2.86. The zero-order valence-corrected chi connectivity index (χ0v) is 12.4. The summed E-state index contributed by atoms with van der Waals surface area (Å²) in [6.07, 6.45) is 0.108. The second kappa shape index (κ2) is 7.37. The third-order valence-corrected chi connectivity index (χ3v) is 4.70. The zero-order chi connectivity index (χ0) is 15.2. The normalized spacial score (nSPS) is 13.3. The predicted octanol–water partition coefficient (Wildman–Crippen LogP) is 0.858. The number of rotatable bonds is 8. The van der Waals surface area contributed by atoms with Crippen LogP contribution in [-0.4, -0.2) is 42.9 Å². The Kier molecular flexibility index (Phi) is 6.12. The summed E-state index contributed by atoms with van der Waals surface area (Å²) in [6.45, 7) is 4.00. The predicted molar refractivity (Wildman–Crippen MR) is 76.5 cm³/mol. The summed E-state index contributed by atoms with van der Waals surface area (Å²) in [6, 6.07) is 7.74. The van der Waals surface area contributed by atoms with Crippen LogP contribution >= 0.6 is 0 Å². The molecule has 1 atom stereocenters. The highest BCUT2D eigenvalue weighted by Gasteiger charge is 2.27. The van der Waals surface area contributed by atoms with E-state index in [0.29, 0.717) is 13.1 Å². The van der Waals surface area contributed by atoms with Crippen LogP contribution in [0.25, 0.3) is 0 Å². The van der Waals surface area contributed by atoms with Gasteiger partial charge in [0.05, 0.1) is 0 Å². The van der Waals surface area contributed by atoms with E-state index in [2.05, 4.69) is 4.72 Å². The molecule has 6 nitrogen and oxygen atoms in total. The molecule has 1 aromatic rings. The highest BCUT2D eigenvalue weighted by Crippen LogP contribution is 2.06. The molecule has 0 unspecified atom stereocenters. The average molecular weight is 300 g/mol. The van der Waals surface area contributed by atoms with Gasteiger partial charge in [0.25, 0.3) is 10.2 Å². The van der Waals surface area contributed by atoms with E-state index >= 15 is 0 Å². The van der Waals surface area contributed by atoms with Gasteiger partial charge in [0, 0.05) is 13.1 Å². The molecule has 0 spiro atoms. The van der Waals surface area contributed by atoms with E-state index < -0.39 is 22.2 Å². The largest absolute Gasteiger partial charge is 0.480 e. The van der Waals surface area contributed by atoms with Gasteiger partial charge in [0.15, 0.2) is 0 Å². The van der Waals surface area contributed by atoms with E-state index in [1.807, 2.05) is 6.07 Å². The maximum absolute atomic E-state index is 12.0. The summed E-state index contributed by atoms with van der Waals surface area (Å²) < 4.78 is 27.5. The number of nitrogens with zero attached hydrogens (tertiary/aromatic N) is 1. The minimum absolute atomic E-state index is 0.108. The standard InChI is InChI=1S/C13H20N2O4S/c1-3-15(4-2)20(18,19)14-12(13(16)17)10-11-8-6-5-7-9-11/h5-9,12,14H,3-4,10H2,1-2H3,(H,16,17)/t12-/m1/s1. The first-order valence-corrected chi connectivity index (χ1v) is 7.88. The molecule has 0 saturated heterocycles. The second-order valence-electron chi connectivity index (χ2n) is 4.29. The van der Waals surface area contributed by atoms with Gasteiger partial charge in [-0.15, -0.1) is 0 Å². The number of nitrogens with one attached hydrogen (secondary N) is 1. The van der Waals surface area contributed by atoms with Gasteiger partial charge >= 0.3 is 5.97 Å². The van der Waals surface area contributed by atoms with Gasteiger partial charge in [-0.2, -0.15) is 17.4 Å². The molecule has 0 heterocycles. The van der Waals surface area contributed by atoms with Crippen LogP contribution in [0.4, 0.5) is 0 Å². The monoisotopic (exact) mass is 300 g/mol. The van der Waals surface area contributed by atoms with Crippen molar-refractivity contribution in [3.8, 4) is 0 Å². The third-order valence-electron chi connectivity index (χ3n) is 2.92. The molecule has 2 N–H and O–H groups in total. The Hall–Kier alpha value is -1.44. The lowest BCUT2D eigenvalue weighted by atomic mass is 10.1. The van der Waals surface area contributed by atoms with Gasteiger partial charge in [0.2, 0.25) is 0 Å². The van der Waals surface area contributed by atoms with Crippen LogP contribution < -0.4 is 4.72 Å². The Morgan fingerprint density at radius 2 is 1.80 bits per heavy atom. The van der Waals surface area contributed by atoms with Gasteiger partial charge in [-0.25, -0.2) is 0 Å². The van der Waals surface area contributed by atoms with Crippen molar-refractivity contribution in [1.29, 1.82) is 0 Å². The van der Waals surface area contributed by atoms with Crippen LogP contribution in [0, 0.1) is 0 Å². The number of hydrogen-bond acceptors (Lipinski definition) is 3. The highest BCUT2D eigenvalue weighted by molar-refractivity contribution is 7.87. The van der Waals surface area contributed by atoms with E-state index in [1.165, 1.54) is 4.31 Å². The van der Waals surface area contributed by atoms with Crippen molar-refractivity contribution in [3.05, 3.63) is 35.9 Å². The van der Waals surface area contributed by atoms with Crippen molar-refractivity contribution in [3.63, 3.8) is 0 Å². The number of carbonyl (C=O) groups is 1. The number of benzene rings is 1. The van der Waals surface area contributed by atoms with Gasteiger partial charge in [-0.3, -0.25) is 4.79 Å². The summed E-state index contributed by atoms with van der Waals surface area (Å²) in [5.41, 5.74) is 0.766. The molecule has 112 valence electrons. The first kappa shape index (κ1) is 16.6. The molecule has 0 fully saturated rings. The van der Waals surface area contributed by atoms with Gasteiger partial charge in [-0.1, -0.05) is 44.2 Å². The van der Waals surface area contributed by atoms with Gasteiger partial charge in [-0.05, 0) is 12.0 Å². The summed E-state index contributed by atoms with van der Waals surface area (Å²) in [5.74, 6) is -1.19. The molecule has 0 aliphatic carbocycles. The second-order valence-corrected chi connectivity index (χ2v) is 5.99. The van der Waals surface area contributed by atoms with Gasteiger partial charge < -0.3 is 5.11 Å². The molecule has 0 aliphatic heterocycles. The fourth-order valence-electron chi connectivity index (χ4n) is 1.85. The van der Waals surface area contributed by atoms with E-state index in [4.69, 9.17) is 0 Å². The summed E-state index contributed by atoms with van der Waals surface area (Å²) >= 11 is 0. The molecule has 0 saturated carbocycles.